The van der Waals surface area contributed by atoms with Crippen LogP contribution in [-0.4, -0.2) is 39.4 Å². The lowest BCUT2D eigenvalue weighted by Gasteiger charge is -2.18. The molecule has 0 radical (unpaired) electrons. The molecule has 1 unspecified atom stereocenters. The number of amides is 1. The van der Waals surface area contributed by atoms with Gasteiger partial charge in [0.1, 0.15) is 18.5 Å². The Balaban J connectivity index is 1.28. The van der Waals surface area contributed by atoms with Crippen LogP contribution in [-0.2, 0) is 16.0 Å². The zero-order valence-corrected chi connectivity index (χ0v) is 19.2. The van der Waals surface area contributed by atoms with Gasteiger partial charge in [-0.1, -0.05) is 54.6 Å². The third-order valence-corrected chi connectivity index (χ3v) is 6.39. The predicted octanol–water partition coefficient (Wildman–Crippen LogP) is 4.72. The summed E-state index contributed by atoms with van der Waals surface area (Å²) in [6.45, 7) is 2.06. The van der Waals surface area contributed by atoms with Gasteiger partial charge in [0.05, 0.1) is 0 Å². The molecule has 0 spiro atoms. The Kier molecular flexibility index (Phi) is 6.06. The number of nitrogens with one attached hydrogen (secondary N) is 1. The predicted molar refractivity (Wildman–Crippen MR) is 132 cm³/mol. The molecule has 7 heteroatoms. The molecule has 1 amide bonds. The number of rotatable bonds is 7. The fourth-order valence-corrected chi connectivity index (χ4v) is 4.71. The molecule has 2 aromatic carbocycles. The molecule has 5 rings (SSSR count). The second-order valence-corrected chi connectivity index (χ2v) is 8.58. The zero-order chi connectivity index (χ0) is 24.4. The molecule has 1 aliphatic rings. The van der Waals surface area contributed by atoms with Crippen molar-refractivity contribution in [2.24, 2.45) is 0 Å². The smallest absolute Gasteiger partial charge is 0.407 e. The molecule has 7 nitrogen and oxygen atoms in total. The molecule has 0 bridgehead atoms. The molecule has 176 valence electrons. The van der Waals surface area contributed by atoms with E-state index in [-0.39, 0.29) is 18.9 Å². The number of ether oxygens (including phenoxy) is 1. The highest BCUT2D eigenvalue weighted by molar-refractivity contribution is 5.81. The zero-order valence-electron chi connectivity index (χ0n) is 19.2. The summed E-state index contributed by atoms with van der Waals surface area (Å²) < 4.78 is 7.38. The van der Waals surface area contributed by atoms with Crippen molar-refractivity contribution in [1.82, 2.24) is 14.9 Å². The maximum atomic E-state index is 12.7. The number of alkyl carbamates (subject to hydrolysis) is 1. The average molecular weight is 468 g/mol. The Bertz CT molecular complexity index is 1350. The van der Waals surface area contributed by atoms with E-state index in [1.54, 1.807) is 6.20 Å². The number of hydrogen-bond acceptors (Lipinski definition) is 4. The highest BCUT2D eigenvalue weighted by Crippen LogP contribution is 2.44. The standard InChI is InChI=1S/C28H25N3O4/c1-18-8-6-14-29-26(18)31-15-7-9-19(31)16-25(27(32)33)30-28(34)35-17-24-22-12-4-2-10-20(22)21-11-3-5-13-23(21)24/h2-15,24-25H,16-17H2,1H3,(H,30,34)(H,32,33). The molecule has 2 N–H and O–H groups in total. The number of aliphatic carboxylic acids is 1. The number of carboxylic acids is 1. The van der Waals surface area contributed by atoms with Crippen molar-refractivity contribution >= 4 is 12.1 Å². The van der Waals surface area contributed by atoms with Crippen LogP contribution in [0.25, 0.3) is 16.9 Å². The fourth-order valence-electron chi connectivity index (χ4n) is 4.71. The summed E-state index contributed by atoms with van der Waals surface area (Å²) in [7, 11) is 0. The van der Waals surface area contributed by atoms with Gasteiger partial charge in [-0.25, -0.2) is 14.6 Å². The van der Waals surface area contributed by atoms with E-state index in [2.05, 4.69) is 22.4 Å². The van der Waals surface area contributed by atoms with Gasteiger partial charge in [-0.15, -0.1) is 0 Å². The van der Waals surface area contributed by atoms with Crippen LogP contribution in [0.1, 0.15) is 28.3 Å². The Labute approximate surface area is 203 Å². The van der Waals surface area contributed by atoms with Gasteiger partial charge < -0.3 is 19.7 Å². The van der Waals surface area contributed by atoms with Crippen LogP contribution in [0.15, 0.2) is 85.2 Å². The highest BCUT2D eigenvalue weighted by Gasteiger charge is 2.30. The second kappa shape index (κ2) is 9.46. The monoisotopic (exact) mass is 467 g/mol. The van der Waals surface area contributed by atoms with Crippen LogP contribution in [0.5, 0.6) is 0 Å². The first kappa shape index (κ1) is 22.4. The first-order valence-corrected chi connectivity index (χ1v) is 11.5. The number of aromatic nitrogens is 2. The molecule has 1 atom stereocenters. The van der Waals surface area contributed by atoms with Gasteiger partial charge in [0, 0.05) is 30.4 Å². The number of nitrogens with zero attached hydrogens (tertiary/aromatic N) is 2. The van der Waals surface area contributed by atoms with Crippen molar-refractivity contribution in [2.75, 3.05) is 6.61 Å². The van der Waals surface area contributed by atoms with Crippen LogP contribution < -0.4 is 5.32 Å². The Morgan fingerprint density at radius 3 is 2.34 bits per heavy atom. The maximum absolute atomic E-state index is 12.7. The number of aryl methyl sites for hydroxylation is 1. The number of pyridine rings is 1. The molecule has 0 saturated heterocycles. The summed E-state index contributed by atoms with van der Waals surface area (Å²) in [4.78, 5) is 29.0. The van der Waals surface area contributed by atoms with Gasteiger partial charge >= 0.3 is 12.1 Å². The van der Waals surface area contributed by atoms with Gasteiger partial charge in [0.25, 0.3) is 0 Å². The molecule has 0 aliphatic heterocycles. The average Bonchev–Trinajstić information content (AvgIpc) is 3.45. The molecular formula is C28H25N3O4. The molecule has 2 heterocycles. The van der Waals surface area contributed by atoms with Gasteiger partial charge in [0.2, 0.25) is 0 Å². The van der Waals surface area contributed by atoms with Crippen molar-refractivity contribution in [3.63, 3.8) is 0 Å². The first-order valence-electron chi connectivity index (χ1n) is 11.5. The van der Waals surface area contributed by atoms with Gasteiger partial charge in [0.15, 0.2) is 0 Å². The Morgan fingerprint density at radius 1 is 1.00 bits per heavy atom. The summed E-state index contributed by atoms with van der Waals surface area (Å²) in [5.74, 6) is -0.512. The van der Waals surface area contributed by atoms with Crippen molar-refractivity contribution in [3.8, 4) is 16.9 Å². The van der Waals surface area contributed by atoms with Crippen LogP contribution in [0.2, 0.25) is 0 Å². The lowest BCUT2D eigenvalue weighted by molar-refractivity contribution is -0.139. The molecule has 0 saturated carbocycles. The topological polar surface area (TPSA) is 93.5 Å². The summed E-state index contributed by atoms with van der Waals surface area (Å²) in [5.41, 5.74) is 6.14. The van der Waals surface area contributed by atoms with Gasteiger partial charge in [-0.2, -0.15) is 0 Å². The van der Waals surface area contributed by atoms with E-state index in [1.807, 2.05) is 78.4 Å². The Hall–Kier alpha value is -4.39. The molecule has 35 heavy (non-hydrogen) atoms. The van der Waals surface area contributed by atoms with Crippen molar-refractivity contribution < 1.29 is 19.4 Å². The van der Waals surface area contributed by atoms with Crippen LogP contribution in [0.3, 0.4) is 0 Å². The van der Waals surface area contributed by atoms with Crippen molar-refractivity contribution in [2.45, 2.75) is 25.3 Å². The minimum Gasteiger partial charge on any atom is -0.480 e. The quantitative estimate of drug-likeness (QED) is 0.410. The number of carbonyl (C=O) groups is 2. The summed E-state index contributed by atoms with van der Waals surface area (Å²) in [6, 6.07) is 22.4. The molecule has 2 aromatic heterocycles. The number of carbonyl (C=O) groups excluding carboxylic acids is 1. The SMILES string of the molecule is Cc1cccnc1-n1cccc1CC(NC(=O)OCC1c2ccccc2-c2ccccc21)C(=O)O. The highest BCUT2D eigenvalue weighted by atomic mass is 16.5. The number of fused-ring (bicyclic) bond motifs is 3. The summed E-state index contributed by atoms with van der Waals surface area (Å²) >= 11 is 0. The molecular weight excluding hydrogens is 442 g/mol. The second-order valence-electron chi connectivity index (χ2n) is 8.58. The maximum Gasteiger partial charge on any atom is 0.407 e. The van der Waals surface area contributed by atoms with E-state index in [4.69, 9.17) is 4.74 Å². The summed E-state index contributed by atoms with van der Waals surface area (Å²) in [6.07, 6.45) is 2.85. The van der Waals surface area contributed by atoms with E-state index in [0.29, 0.717) is 0 Å². The van der Waals surface area contributed by atoms with E-state index in [0.717, 1.165) is 39.3 Å². The van der Waals surface area contributed by atoms with E-state index in [1.165, 1.54) is 0 Å². The summed E-state index contributed by atoms with van der Waals surface area (Å²) in [5, 5.41) is 12.3. The Morgan fingerprint density at radius 2 is 1.69 bits per heavy atom. The van der Waals surface area contributed by atoms with Crippen LogP contribution >= 0.6 is 0 Å². The van der Waals surface area contributed by atoms with Crippen LogP contribution in [0.4, 0.5) is 4.79 Å². The molecule has 4 aromatic rings. The molecule has 1 aliphatic carbocycles. The fraction of sp³-hybridized carbons (Fsp3) is 0.179. The van der Waals surface area contributed by atoms with Gasteiger partial charge in [-0.05, 0) is 52.9 Å². The number of benzene rings is 2. The van der Waals surface area contributed by atoms with E-state index < -0.39 is 18.1 Å². The number of carboxylic acid groups (broad SMARTS) is 1. The molecule has 0 fully saturated rings. The first-order chi connectivity index (χ1) is 17.0. The van der Waals surface area contributed by atoms with Crippen LogP contribution in [0, 0.1) is 6.92 Å². The largest absolute Gasteiger partial charge is 0.480 e. The minimum atomic E-state index is -1.15. The van der Waals surface area contributed by atoms with E-state index >= 15 is 0 Å². The normalized spacial score (nSPS) is 13.1. The third-order valence-electron chi connectivity index (χ3n) is 6.39. The number of hydrogen-bond donors (Lipinski definition) is 2. The lowest BCUT2D eigenvalue weighted by atomic mass is 9.98. The van der Waals surface area contributed by atoms with Crippen molar-refractivity contribution in [1.29, 1.82) is 0 Å². The van der Waals surface area contributed by atoms with Crippen molar-refractivity contribution in [3.05, 3.63) is 108 Å². The lowest BCUT2D eigenvalue weighted by Crippen LogP contribution is -2.43. The minimum absolute atomic E-state index is 0.0859. The van der Waals surface area contributed by atoms with Gasteiger partial charge in [-0.3, -0.25) is 0 Å². The third kappa shape index (κ3) is 4.40. The van der Waals surface area contributed by atoms with E-state index in [9.17, 15) is 14.7 Å².